The minimum Gasteiger partial charge on any atom is -0.376 e. The Morgan fingerprint density at radius 1 is 1.70 bits per heavy atom. The molecule has 2 heteroatoms. The van der Waals surface area contributed by atoms with E-state index in [1.165, 1.54) is 6.42 Å². The second kappa shape index (κ2) is 2.89. The van der Waals surface area contributed by atoms with Crippen molar-refractivity contribution in [2.75, 3.05) is 13.2 Å². The second-order valence-corrected chi connectivity index (χ2v) is 3.54. The number of nitrogens with two attached hydrogens (primary N) is 1. The number of hydrogen-bond donors (Lipinski definition) is 1. The van der Waals surface area contributed by atoms with Crippen LogP contribution in [0.4, 0.5) is 0 Å². The van der Waals surface area contributed by atoms with Crippen LogP contribution in [0.1, 0.15) is 26.7 Å². The van der Waals surface area contributed by atoms with Crippen molar-refractivity contribution in [1.29, 1.82) is 0 Å². The summed E-state index contributed by atoms with van der Waals surface area (Å²) in [5.74, 6) is 0. The summed E-state index contributed by atoms with van der Waals surface area (Å²) in [4.78, 5) is 0. The van der Waals surface area contributed by atoms with Gasteiger partial charge in [0, 0.05) is 6.54 Å². The van der Waals surface area contributed by atoms with Gasteiger partial charge in [-0.15, -0.1) is 0 Å². The van der Waals surface area contributed by atoms with Crippen LogP contribution in [0.15, 0.2) is 0 Å². The van der Waals surface area contributed by atoms with Gasteiger partial charge >= 0.3 is 0 Å². The zero-order valence-corrected chi connectivity index (χ0v) is 6.89. The van der Waals surface area contributed by atoms with E-state index >= 15 is 0 Å². The van der Waals surface area contributed by atoms with Crippen molar-refractivity contribution in [3.63, 3.8) is 0 Å². The highest BCUT2D eigenvalue weighted by molar-refractivity contribution is 4.83. The van der Waals surface area contributed by atoms with Crippen molar-refractivity contribution in [3.8, 4) is 0 Å². The minimum absolute atomic E-state index is 0.324. The largest absolute Gasteiger partial charge is 0.376 e. The normalized spacial score (nSPS) is 40.5. The van der Waals surface area contributed by atoms with E-state index in [0.717, 1.165) is 13.0 Å². The predicted octanol–water partition coefficient (Wildman–Crippen LogP) is 1.15. The third-order valence-electron chi connectivity index (χ3n) is 2.50. The lowest BCUT2D eigenvalue weighted by Crippen LogP contribution is -2.20. The summed E-state index contributed by atoms with van der Waals surface area (Å²) in [5.41, 5.74) is 5.89. The number of hydrogen-bond acceptors (Lipinski definition) is 2. The van der Waals surface area contributed by atoms with Gasteiger partial charge in [-0.1, -0.05) is 13.8 Å². The Kier molecular flexibility index (Phi) is 2.32. The van der Waals surface area contributed by atoms with E-state index in [2.05, 4.69) is 13.8 Å². The molecule has 1 aliphatic heterocycles. The smallest absolute Gasteiger partial charge is 0.0703 e. The van der Waals surface area contributed by atoms with Crippen LogP contribution in [-0.4, -0.2) is 19.3 Å². The standard InChI is InChI=1S/C8H17NO/c1-3-8(2)4-7(5-9)10-6-8/h7H,3-6,9H2,1-2H3/t7-,8-/m1/s1. The molecule has 60 valence electrons. The first-order chi connectivity index (χ1) is 4.70. The maximum atomic E-state index is 5.48. The van der Waals surface area contributed by atoms with Crippen LogP contribution in [0.3, 0.4) is 0 Å². The molecule has 0 radical (unpaired) electrons. The van der Waals surface area contributed by atoms with E-state index < -0.39 is 0 Å². The molecule has 0 amide bonds. The van der Waals surface area contributed by atoms with Crippen molar-refractivity contribution in [3.05, 3.63) is 0 Å². The molecule has 1 rings (SSSR count). The summed E-state index contributed by atoms with van der Waals surface area (Å²) in [6.45, 7) is 6.05. The molecule has 1 fully saturated rings. The molecular weight excluding hydrogens is 126 g/mol. The van der Waals surface area contributed by atoms with Crippen LogP contribution >= 0.6 is 0 Å². The highest BCUT2D eigenvalue weighted by atomic mass is 16.5. The highest BCUT2D eigenvalue weighted by Gasteiger charge is 2.33. The van der Waals surface area contributed by atoms with Crippen molar-refractivity contribution >= 4 is 0 Å². The third-order valence-corrected chi connectivity index (χ3v) is 2.50. The summed E-state index contributed by atoms with van der Waals surface area (Å²) < 4.78 is 5.48. The molecule has 1 aliphatic rings. The lowest BCUT2D eigenvalue weighted by atomic mass is 9.85. The molecule has 0 bridgehead atoms. The van der Waals surface area contributed by atoms with Crippen LogP contribution in [0.25, 0.3) is 0 Å². The molecule has 0 spiro atoms. The van der Waals surface area contributed by atoms with E-state index in [1.807, 2.05) is 0 Å². The Balaban J connectivity index is 2.41. The molecule has 2 N–H and O–H groups in total. The van der Waals surface area contributed by atoms with Crippen molar-refractivity contribution in [2.45, 2.75) is 32.8 Å². The van der Waals surface area contributed by atoms with Gasteiger partial charge < -0.3 is 10.5 Å². The molecule has 0 aliphatic carbocycles. The SMILES string of the molecule is CC[C@@]1(C)CO[C@@H](CN)C1. The van der Waals surface area contributed by atoms with Gasteiger partial charge in [0.25, 0.3) is 0 Å². The average molecular weight is 143 g/mol. The Hall–Kier alpha value is -0.0800. The van der Waals surface area contributed by atoms with Gasteiger partial charge in [-0.25, -0.2) is 0 Å². The molecule has 0 aromatic heterocycles. The first-order valence-electron chi connectivity index (χ1n) is 4.02. The molecule has 0 saturated carbocycles. The monoisotopic (exact) mass is 143 g/mol. The topological polar surface area (TPSA) is 35.2 Å². The van der Waals surface area contributed by atoms with E-state index in [9.17, 15) is 0 Å². The minimum atomic E-state index is 0.324. The maximum Gasteiger partial charge on any atom is 0.0703 e. The summed E-state index contributed by atoms with van der Waals surface area (Å²) in [6.07, 6.45) is 2.66. The fraction of sp³-hybridized carbons (Fsp3) is 1.00. The number of ether oxygens (including phenoxy) is 1. The summed E-state index contributed by atoms with van der Waals surface area (Å²) in [7, 11) is 0. The summed E-state index contributed by atoms with van der Waals surface area (Å²) in [6, 6.07) is 0. The molecule has 2 nitrogen and oxygen atoms in total. The quantitative estimate of drug-likeness (QED) is 0.629. The van der Waals surface area contributed by atoms with Crippen molar-refractivity contribution in [1.82, 2.24) is 0 Å². The molecule has 1 heterocycles. The number of rotatable bonds is 2. The Labute approximate surface area is 62.7 Å². The fourth-order valence-electron chi connectivity index (χ4n) is 1.38. The Morgan fingerprint density at radius 2 is 2.40 bits per heavy atom. The Morgan fingerprint density at radius 3 is 2.70 bits per heavy atom. The van der Waals surface area contributed by atoms with Gasteiger partial charge in [0.15, 0.2) is 0 Å². The summed E-state index contributed by atoms with van der Waals surface area (Å²) >= 11 is 0. The molecular formula is C8H17NO. The third kappa shape index (κ3) is 1.50. The molecule has 2 atom stereocenters. The first kappa shape index (κ1) is 8.02. The van der Waals surface area contributed by atoms with Crippen molar-refractivity contribution < 1.29 is 4.74 Å². The zero-order valence-electron chi connectivity index (χ0n) is 6.89. The second-order valence-electron chi connectivity index (χ2n) is 3.54. The van der Waals surface area contributed by atoms with Crippen LogP contribution in [0.5, 0.6) is 0 Å². The van der Waals surface area contributed by atoms with E-state index in [0.29, 0.717) is 18.1 Å². The van der Waals surface area contributed by atoms with Gasteiger partial charge in [0.05, 0.1) is 12.7 Å². The van der Waals surface area contributed by atoms with E-state index in [4.69, 9.17) is 10.5 Å². The van der Waals surface area contributed by atoms with Crippen LogP contribution < -0.4 is 5.73 Å². The van der Waals surface area contributed by atoms with E-state index in [1.54, 1.807) is 0 Å². The van der Waals surface area contributed by atoms with Crippen LogP contribution in [-0.2, 0) is 4.74 Å². The molecule has 0 unspecified atom stereocenters. The van der Waals surface area contributed by atoms with Gasteiger partial charge in [0.1, 0.15) is 0 Å². The molecule has 10 heavy (non-hydrogen) atoms. The van der Waals surface area contributed by atoms with Gasteiger partial charge in [-0.2, -0.15) is 0 Å². The highest BCUT2D eigenvalue weighted by Crippen LogP contribution is 2.34. The Bertz CT molecular complexity index is 116. The fourth-order valence-corrected chi connectivity index (χ4v) is 1.38. The van der Waals surface area contributed by atoms with E-state index in [-0.39, 0.29) is 0 Å². The lowest BCUT2D eigenvalue weighted by molar-refractivity contribution is 0.102. The van der Waals surface area contributed by atoms with Crippen LogP contribution in [0.2, 0.25) is 0 Å². The predicted molar refractivity (Wildman–Crippen MR) is 41.8 cm³/mol. The lowest BCUT2D eigenvalue weighted by Gasteiger charge is -2.18. The van der Waals surface area contributed by atoms with Gasteiger partial charge in [0.2, 0.25) is 0 Å². The first-order valence-corrected chi connectivity index (χ1v) is 4.02. The molecule has 1 saturated heterocycles. The maximum absolute atomic E-state index is 5.48. The van der Waals surface area contributed by atoms with Crippen molar-refractivity contribution in [2.24, 2.45) is 11.1 Å². The van der Waals surface area contributed by atoms with Gasteiger partial charge in [-0.05, 0) is 18.3 Å². The van der Waals surface area contributed by atoms with Gasteiger partial charge in [-0.3, -0.25) is 0 Å². The van der Waals surface area contributed by atoms with Crippen LogP contribution in [0, 0.1) is 5.41 Å². The molecule has 0 aromatic carbocycles. The summed E-state index contributed by atoms with van der Waals surface area (Å²) in [5, 5.41) is 0. The zero-order chi connectivity index (χ0) is 7.61. The molecule has 0 aromatic rings. The average Bonchev–Trinajstić information content (AvgIpc) is 2.33.